The van der Waals surface area contributed by atoms with Crippen molar-refractivity contribution in [3.63, 3.8) is 0 Å². The van der Waals surface area contributed by atoms with Gasteiger partial charge in [-0.25, -0.2) is 0 Å². The number of carboxylic acid groups (broad SMARTS) is 1. The van der Waals surface area contributed by atoms with Crippen LogP contribution in [0.1, 0.15) is 28.2 Å². The Hall–Kier alpha value is -1.39. The first-order chi connectivity index (χ1) is 7.19. The predicted octanol–water partition coefficient (Wildman–Crippen LogP) is 0.396. The van der Waals surface area contributed by atoms with Gasteiger partial charge in [-0.1, -0.05) is 12.1 Å². The van der Waals surface area contributed by atoms with Gasteiger partial charge < -0.3 is 15.3 Å². The molecule has 0 saturated heterocycles. The number of carboxylic acids is 1. The second kappa shape index (κ2) is 3.64. The molecule has 1 aliphatic rings. The van der Waals surface area contributed by atoms with E-state index in [2.05, 4.69) is 0 Å². The summed E-state index contributed by atoms with van der Waals surface area (Å²) < 4.78 is 0. The summed E-state index contributed by atoms with van der Waals surface area (Å²) in [7, 11) is 0. The zero-order valence-electron chi connectivity index (χ0n) is 8.10. The van der Waals surface area contributed by atoms with Gasteiger partial charge in [0.1, 0.15) is 0 Å². The van der Waals surface area contributed by atoms with Crippen molar-refractivity contribution in [1.29, 1.82) is 0 Å². The molecule has 0 amide bonds. The second-order valence-electron chi connectivity index (χ2n) is 3.69. The van der Waals surface area contributed by atoms with Gasteiger partial charge in [-0.3, -0.25) is 4.79 Å². The van der Waals surface area contributed by atoms with Crippen LogP contribution in [0.4, 0.5) is 0 Å². The predicted molar refractivity (Wildman–Crippen MR) is 52.4 cm³/mol. The maximum Gasteiger partial charge on any atom is 0.311 e. The van der Waals surface area contributed by atoms with Gasteiger partial charge in [-0.2, -0.15) is 0 Å². The minimum atomic E-state index is -0.868. The summed E-state index contributed by atoms with van der Waals surface area (Å²) in [5.74, 6) is -1.39. The van der Waals surface area contributed by atoms with Crippen LogP contribution in [0, 0.1) is 0 Å². The third-order valence-corrected chi connectivity index (χ3v) is 2.94. The molecule has 80 valence electrons. The number of aliphatic hydroxyl groups is 2. The van der Waals surface area contributed by atoms with Crippen LogP contribution in [0.5, 0.6) is 0 Å². The molecular formula is C11H12O4. The highest BCUT2D eigenvalue weighted by Gasteiger charge is 2.35. The largest absolute Gasteiger partial charge is 0.481 e. The van der Waals surface area contributed by atoms with E-state index in [1.165, 1.54) is 0 Å². The van der Waals surface area contributed by atoms with Crippen molar-refractivity contribution in [2.75, 3.05) is 0 Å². The smallest absolute Gasteiger partial charge is 0.311 e. The minimum Gasteiger partial charge on any atom is -0.481 e. The topological polar surface area (TPSA) is 77.8 Å². The van der Waals surface area contributed by atoms with E-state index in [1.54, 1.807) is 12.1 Å². The Morgan fingerprint density at radius 2 is 1.87 bits per heavy atom. The molecule has 3 N–H and O–H groups in total. The highest BCUT2D eigenvalue weighted by molar-refractivity contribution is 5.81. The van der Waals surface area contributed by atoms with Crippen LogP contribution >= 0.6 is 0 Å². The monoisotopic (exact) mass is 208 g/mol. The lowest BCUT2D eigenvalue weighted by Gasteiger charge is -2.31. The fourth-order valence-corrected chi connectivity index (χ4v) is 2.11. The molecule has 0 heterocycles. The molecule has 1 atom stereocenters. The van der Waals surface area contributed by atoms with E-state index < -0.39 is 11.9 Å². The maximum atomic E-state index is 10.9. The number of aliphatic carboxylic acids is 1. The molecule has 0 aliphatic heterocycles. The van der Waals surface area contributed by atoms with E-state index in [0.29, 0.717) is 17.5 Å². The van der Waals surface area contributed by atoms with Crippen LogP contribution in [-0.4, -0.2) is 21.3 Å². The van der Waals surface area contributed by atoms with Crippen molar-refractivity contribution in [3.8, 4) is 0 Å². The lowest BCUT2D eigenvalue weighted by atomic mass is 9.73. The van der Waals surface area contributed by atoms with Crippen molar-refractivity contribution in [2.24, 2.45) is 0 Å². The Kier molecular flexibility index (Phi) is 2.46. The highest BCUT2D eigenvalue weighted by atomic mass is 16.4. The van der Waals surface area contributed by atoms with Crippen LogP contribution in [0.3, 0.4) is 0 Å². The normalized spacial score (nSPS) is 18.1. The second-order valence-corrected chi connectivity index (χ2v) is 3.69. The first-order valence-electron chi connectivity index (χ1n) is 4.77. The van der Waals surface area contributed by atoms with Crippen LogP contribution in [0.15, 0.2) is 12.1 Å². The SMILES string of the molecule is O=C(O)C1Cc2c(CO)ccc(CO)c21. The molecule has 0 radical (unpaired) electrons. The summed E-state index contributed by atoms with van der Waals surface area (Å²) in [6, 6.07) is 3.42. The minimum absolute atomic E-state index is 0.0830. The van der Waals surface area contributed by atoms with Gasteiger partial charge in [0.15, 0.2) is 0 Å². The first-order valence-corrected chi connectivity index (χ1v) is 4.77. The summed E-state index contributed by atoms with van der Waals surface area (Å²) in [6.45, 7) is -0.238. The molecule has 1 aromatic carbocycles. The molecule has 0 saturated carbocycles. The number of fused-ring (bicyclic) bond motifs is 1. The fraction of sp³-hybridized carbons (Fsp3) is 0.364. The molecule has 0 bridgehead atoms. The Morgan fingerprint density at radius 1 is 1.27 bits per heavy atom. The van der Waals surface area contributed by atoms with E-state index in [4.69, 9.17) is 15.3 Å². The summed E-state index contributed by atoms with van der Waals surface area (Å²) in [5.41, 5.74) is 2.99. The van der Waals surface area contributed by atoms with Gasteiger partial charge >= 0.3 is 5.97 Å². The van der Waals surface area contributed by atoms with Crippen molar-refractivity contribution in [3.05, 3.63) is 34.4 Å². The Bertz CT molecular complexity index is 411. The number of carbonyl (C=O) groups is 1. The lowest BCUT2D eigenvalue weighted by Crippen LogP contribution is -2.28. The number of hydrogen-bond acceptors (Lipinski definition) is 3. The number of rotatable bonds is 3. The molecule has 0 fully saturated rings. The molecule has 4 nitrogen and oxygen atoms in total. The van der Waals surface area contributed by atoms with Crippen molar-refractivity contribution in [2.45, 2.75) is 25.6 Å². The Labute approximate surface area is 86.8 Å². The highest BCUT2D eigenvalue weighted by Crippen LogP contribution is 2.40. The van der Waals surface area contributed by atoms with Crippen LogP contribution in [0.25, 0.3) is 0 Å². The molecule has 2 rings (SSSR count). The third-order valence-electron chi connectivity index (χ3n) is 2.94. The molecule has 4 heteroatoms. The van der Waals surface area contributed by atoms with Gasteiger partial charge in [0.05, 0.1) is 19.1 Å². The first kappa shape index (κ1) is 10.1. The molecule has 1 aromatic rings. The average molecular weight is 208 g/mol. The number of benzene rings is 1. The summed E-state index contributed by atoms with van der Waals surface area (Å²) in [4.78, 5) is 10.9. The van der Waals surface area contributed by atoms with Gasteiger partial charge in [0.2, 0.25) is 0 Å². The molecule has 15 heavy (non-hydrogen) atoms. The Morgan fingerprint density at radius 3 is 2.40 bits per heavy atom. The lowest BCUT2D eigenvalue weighted by molar-refractivity contribution is -0.139. The van der Waals surface area contributed by atoms with Gasteiger partial charge in [-0.15, -0.1) is 0 Å². The molecule has 1 unspecified atom stereocenters. The van der Waals surface area contributed by atoms with Crippen molar-refractivity contribution < 1.29 is 20.1 Å². The van der Waals surface area contributed by atoms with Gasteiger partial charge in [-0.05, 0) is 28.7 Å². The van der Waals surface area contributed by atoms with Gasteiger partial charge in [0, 0.05) is 0 Å². The van der Waals surface area contributed by atoms with Crippen LogP contribution in [0.2, 0.25) is 0 Å². The van der Waals surface area contributed by atoms with E-state index in [0.717, 1.165) is 11.1 Å². The fourth-order valence-electron chi connectivity index (χ4n) is 2.11. The molecule has 0 spiro atoms. The van der Waals surface area contributed by atoms with E-state index in [9.17, 15) is 4.79 Å². The standard InChI is InChI=1S/C11H12O4/c12-4-6-1-2-7(5-13)10-8(6)3-9(10)11(14)15/h1-2,9,12-13H,3-5H2,(H,14,15). The number of hydrogen-bond donors (Lipinski definition) is 3. The van der Waals surface area contributed by atoms with Gasteiger partial charge in [0.25, 0.3) is 0 Å². The summed E-state index contributed by atoms with van der Waals surface area (Å²) >= 11 is 0. The van der Waals surface area contributed by atoms with Crippen LogP contribution < -0.4 is 0 Å². The zero-order chi connectivity index (χ0) is 11.0. The van der Waals surface area contributed by atoms with Crippen molar-refractivity contribution in [1.82, 2.24) is 0 Å². The summed E-state index contributed by atoms with van der Waals surface area (Å²) in [6.07, 6.45) is 0.453. The molecule has 1 aliphatic carbocycles. The van der Waals surface area contributed by atoms with E-state index in [1.807, 2.05) is 0 Å². The van der Waals surface area contributed by atoms with E-state index >= 15 is 0 Å². The maximum absolute atomic E-state index is 10.9. The molecular weight excluding hydrogens is 196 g/mol. The Balaban J connectivity index is 2.49. The van der Waals surface area contributed by atoms with E-state index in [-0.39, 0.29) is 13.2 Å². The van der Waals surface area contributed by atoms with Crippen molar-refractivity contribution >= 4 is 5.97 Å². The van der Waals surface area contributed by atoms with Crippen LogP contribution in [-0.2, 0) is 24.4 Å². The summed E-state index contributed by atoms with van der Waals surface area (Å²) in [5, 5.41) is 27.1. The zero-order valence-corrected chi connectivity index (χ0v) is 8.10. The quantitative estimate of drug-likeness (QED) is 0.671. The number of aliphatic hydroxyl groups excluding tert-OH is 2. The average Bonchev–Trinajstić information content (AvgIpc) is 2.17. The third kappa shape index (κ3) is 1.42. The molecule has 0 aromatic heterocycles.